The van der Waals surface area contributed by atoms with Gasteiger partial charge in [0.25, 0.3) is 10.1 Å². The number of carboxylic acids is 1. The van der Waals surface area contributed by atoms with Gasteiger partial charge in [0, 0.05) is 19.0 Å². The summed E-state index contributed by atoms with van der Waals surface area (Å²) in [5, 5.41) is 8.23. The number of ether oxygens (including phenoxy) is 2. The molecule has 0 aliphatic carbocycles. The summed E-state index contributed by atoms with van der Waals surface area (Å²) in [6.45, 7) is 2.53. The summed E-state index contributed by atoms with van der Waals surface area (Å²) in [4.78, 5) is 21.9. The summed E-state index contributed by atoms with van der Waals surface area (Å²) in [6, 6.07) is 0. The molecule has 0 heterocycles. The molecule has 0 amide bonds. The number of unbranched alkanes of at least 4 members (excludes halogenated alkanes) is 6. The molecule has 0 fully saturated rings. The summed E-state index contributed by atoms with van der Waals surface area (Å²) in [5.74, 6) is -3.11. The maximum atomic E-state index is 11.5. The first-order chi connectivity index (χ1) is 11.3. The van der Waals surface area contributed by atoms with Crippen LogP contribution in [0.25, 0.3) is 0 Å². The van der Waals surface area contributed by atoms with E-state index in [1.165, 1.54) is 25.7 Å². The minimum atomic E-state index is -4.86. The van der Waals surface area contributed by atoms with Crippen LogP contribution < -0.4 is 34.7 Å². The predicted molar refractivity (Wildman–Crippen MR) is 84.7 cm³/mol. The van der Waals surface area contributed by atoms with Crippen LogP contribution in [0.15, 0.2) is 0 Å². The Labute approximate surface area is 171 Å². The van der Waals surface area contributed by atoms with Gasteiger partial charge in [-0.2, -0.15) is 8.42 Å². The largest absolute Gasteiger partial charge is 1.00 e. The Morgan fingerprint density at radius 2 is 1.56 bits per heavy atom. The summed E-state index contributed by atoms with van der Waals surface area (Å²) < 4.78 is 40.6. The Hall–Kier alpha value is -0.190. The fourth-order valence-corrected chi connectivity index (χ4v) is 2.68. The fourth-order valence-electron chi connectivity index (χ4n) is 2.02. The van der Waals surface area contributed by atoms with Crippen molar-refractivity contribution in [3.05, 3.63) is 0 Å². The topological polar surface area (TPSA) is 130 Å². The first-order valence-corrected chi connectivity index (χ1v) is 9.69. The van der Waals surface area contributed by atoms with Crippen LogP contribution in [0.4, 0.5) is 0 Å². The van der Waals surface area contributed by atoms with Crippen LogP contribution in [-0.4, -0.2) is 50.0 Å². The molecular formula is C15H27NaO8S. The Morgan fingerprint density at radius 1 is 1.00 bits per heavy atom. The maximum absolute atomic E-state index is 11.5. The molecule has 0 aliphatic rings. The van der Waals surface area contributed by atoms with Crippen LogP contribution in [0, 0.1) is 0 Å². The monoisotopic (exact) mass is 390 g/mol. The molecule has 1 N–H and O–H groups in total. The van der Waals surface area contributed by atoms with E-state index in [2.05, 4.69) is 11.7 Å². The van der Waals surface area contributed by atoms with Gasteiger partial charge in [0.15, 0.2) is 5.25 Å². The van der Waals surface area contributed by atoms with Crippen molar-refractivity contribution in [1.29, 1.82) is 0 Å². The number of rotatable bonds is 15. The van der Waals surface area contributed by atoms with Crippen LogP contribution in [0.5, 0.6) is 0 Å². The van der Waals surface area contributed by atoms with Gasteiger partial charge in [-0.25, -0.2) is 0 Å². The van der Waals surface area contributed by atoms with Gasteiger partial charge in [-0.3, -0.25) is 9.35 Å². The van der Waals surface area contributed by atoms with E-state index in [-0.39, 0.29) is 42.8 Å². The molecule has 0 spiro atoms. The van der Waals surface area contributed by atoms with Crippen molar-refractivity contribution in [3.8, 4) is 0 Å². The number of esters is 1. The smallest absolute Gasteiger partial charge is 0.550 e. The molecule has 0 aromatic rings. The second-order valence-electron chi connectivity index (χ2n) is 5.48. The number of carbonyl (C=O) groups excluding carboxylic acids is 2. The van der Waals surface area contributed by atoms with Gasteiger partial charge < -0.3 is 19.4 Å². The minimum Gasteiger partial charge on any atom is -0.550 e. The average molecular weight is 390 g/mol. The van der Waals surface area contributed by atoms with Crippen molar-refractivity contribution >= 4 is 22.1 Å². The second-order valence-corrected chi connectivity index (χ2v) is 7.08. The molecule has 1 unspecified atom stereocenters. The van der Waals surface area contributed by atoms with E-state index in [9.17, 15) is 23.1 Å². The van der Waals surface area contributed by atoms with Gasteiger partial charge in [0.2, 0.25) is 0 Å². The van der Waals surface area contributed by atoms with Crippen molar-refractivity contribution in [2.75, 3.05) is 19.8 Å². The number of aliphatic carboxylic acids is 1. The molecule has 0 rings (SSSR count). The van der Waals surface area contributed by atoms with Crippen molar-refractivity contribution < 1.29 is 66.7 Å². The number of hydrogen-bond donors (Lipinski definition) is 1. The summed E-state index contributed by atoms with van der Waals surface area (Å²) >= 11 is 0. The molecular weight excluding hydrogens is 363 g/mol. The number of hydrogen-bond acceptors (Lipinski definition) is 7. The molecule has 0 saturated carbocycles. The molecule has 0 aliphatic heterocycles. The van der Waals surface area contributed by atoms with Crippen LogP contribution in [0.1, 0.15) is 58.3 Å². The van der Waals surface area contributed by atoms with E-state index in [4.69, 9.17) is 9.29 Å². The molecule has 0 saturated heterocycles. The zero-order valence-electron chi connectivity index (χ0n) is 15.1. The normalized spacial score (nSPS) is 12.2. The SMILES string of the molecule is CCCCCCCCCOCCOC(=O)C(CC(=O)[O-])S(=O)(=O)O.[Na+]. The molecule has 25 heavy (non-hydrogen) atoms. The van der Waals surface area contributed by atoms with Gasteiger partial charge in [0.05, 0.1) is 6.61 Å². The van der Waals surface area contributed by atoms with Crippen molar-refractivity contribution in [2.24, 2.45) is 0 Å². The molecule has 0 aromatic heterocycles. The van der Waals surface area contributed by atoms with Gasteiger partial charge >= 0.3 is 35.5 Å². The van der Waals surface area contributed by atoms with Gasteiger partial charge in [-0.05, 0) is 6.42 Å². The molecule has 0 radical (unpaired) electrons. The Balaban J connectivity index is 0. The van der Waals surface area contributed by atoms with Gasteiger partial charge in [-0.15, -0.1) is 0 Å². The average Bonchev–Trinajstić information content (AvgIpc) is 2.48. The van der Waals surface area contributed by atoms with Crippen molar-refractivity contribution in [2.45, 2.75) is 63.5 Å². The summed E-state index contributed by atoms with van der Waals surface area (Å²) in [7, 11) is -4.86. The maximum Gasteiger partial charge on any atom is 1.00 e. The van der Waals surface area contributed by atoms with E-state index < -0.39 is 33.7 Å². The third kappa shape index (κ3) is 15.8. The van der Waals surface area contributed by atoms with Crippen molar-refractivity contribution in [3.63, 3.8) is 0 Å². The Morgan fingerprint density at radius 3 is 2.08 bits per heavy atom. The van der Waals surface area contributed by atoms with E-state index in [1.54, 1.807) is 0 Å². The van der Waals surface area contributed by atoms with E-state index in [0.29, 0.717) is 6.61 Å². The van der Waals surface area contributed by atoms with E-state index in [1.807, 2.05) is 0 Å². The van der Waals surface area contributed by atoms with Crippen LogP contribution in [0.3, 0.4) is 0 Å². The second kappa shape index (κ2) is 16.0. The van der Waals surface area contributed by atoms with Crippen LogP contribution in [0.2, 0.25) is 0 Å². The van der Waals surface area contributed by atoms with E-state index >= 15 is 0 Å². The zero-order chi connectivity index (χ0) is 18.4. The first kappa shape index (κ1) is 27.0. The fraction of sp³-hybridized carbons (Fsp3) is 0.867. The Kier molecular flexibility index (Phi) is 17.3. The first-order valence-electron chi connectivity index (χ1n) is 8.19. The number of carbonyl (C=O) groups is 2. The Bertz CT molecular complexity index is 466. The number of carboxylic acid groups (broad SMARTS) is 1. The molecule has 10 heteroatoms. The predicted octanol–water partition coefficient (Wildman–Crippen LogP) is -2.30. The molecule has 8 nitrogen and oxygen atoms in total. The minimum absolute atomic E-state index is 0. The third-order valence-electron chi connectivity index (χ3n) is 3.34. The summed E-state index contributed by atoms with van der Waals surface area (Å²) in [5.41, 5.74) is 0. The van der Waals surface area contributed by atoms with Crippen LogP contribution >= 0.6 is 0 Å². The molecule has 0 aromatic carbocycles. The quantitative estimate of drug-likeness (QED) is 0.143. The van der Waals surface area contributed by atoms with Gasteiger partial charge in [0.1, 0.15) is 6.61 Å². The molecule has 1 atom stereocenters. The standard InChI is InChI=1S/C15H28O8S.Na/c1-2-3-4-5-6-7-8-9-22-10-11-23-15(18)13(12-14(16)17)24(19,20)21;/h13H,2-12H2,1H3,(H,16,17)(H,19,20,21);/q;+1/p-1. The third-order valence-corrected chi connectivity index (χ3v) is 4.42. The van der Waals surface area contributed by atoms with Crippen molar-refractivity contribution in [1.82, 2.24) is 0 Å². The van der Waals surface area contributed by atoms with Gasteiger partial charge in [-0.1, -0.05) is 45.4 Å². The van der Waals surface area contributed by atoms with Crippen LogP contribution in [-0.2, 0) is 29.2 Å². The van der Waals surface area contributed by atoms with E-state index in [0.717, 1.165) is 19.3 Å². The molecule has 142 valence electrons. The zero-order valence-corrected chi connectivity index (χ0v) is 17.9. The molecule has 0 bridgehead atoms. The summed E-state index contributed by atoms with van der Waals surface area (Å²) in [6.07, 6.45) is 6.86.